The van der Waals surface area contributed by atoms with E-state index in [1.807, 2.05) is 33.8 Å². The van der Waals surface area contributed by atoms with E-state index in [1.165, 1.54) is 16.7 Å². The van der Waals surface area contributed by atoms with E-state index in [-0.39, 0.29) is 12.0 Å². The zero-order valence-corrected chi connectivity index (χ0v) is 12.8. The topological polar surface area (TPSA) is 38.3 Å². The Morgan fingerprint density at radius 3 is 2.53 bits per heavy atom. The van der Waals surface area contributed by atoms with E-state index in [2.05, 4.69) is 31.3 Å². The maximum atomic E-state index is 11.8. The number of esters is 1. The first-order valence-corrected chi connectivity index (χ1v) is 6.72. The van der Waals surface area contributed by atoms with Gasteiger partial charge in [0.2, 0.25) is 0 Å². The van der Waals surface area contributed by atoms with Crippen LogP contribution in [0.2, 0.25) is 0 Å². The summed E-state index contributed by atoms with van der Waals surface area (Å²) in [5.74, 6) is -0.210. The molecule has 0 unspecified atom stereocenters. The highest BCUT2D eigenvalue weighted by Gasteiger charge is 2.21. The molecular weight excluding hydrogens is 238 g/mol. The number of carbonyl (C=O) groups is 1. The van der Waals surface area contributed by atoms with Crippen LogP contribution in [0.25, 0.3) is 0 Å². The number of hydrogen-bond acceptors (Lipinski definition) is 3. The third kappa shape index (κ3) is 5.03. The van der Waals surface area contributed by atoms with Crippen molar-refractivity contribution in [2.24, 2.45) is 0 Å². The summed E-state index contributed by atoms with van der Waals surface area (Å²) in [6.45, 7) is 12.3. The van der Waals surface area contributed by atoms with Gasteiger partial charge in [-0.1, -0.05) is 18.2 Å². The highest BCUT2D eigenvalue weighted by atomic mass is 16.6. The lowest BCUT2D eigenvalue weighted by Gasteiger charge is -2.23. The van der Waals surface area contributed by atoms with Crippen LogP contribution < -0.4 is 5.32 Å². The molecule has 1 aromatic rings. The molecule has 1 N–H and O–H groups in total. The molecule has 0 amide bonds. The maximum Gasteiger partial charge on any atom is 0.323 e. The first kappa shape index (κ1) is 15.7. The van der Waals surface area contributed by atoms with Gasteiger partial charge in [-0.2, -0.15) is 0 Å². The molecule has 3 heteroatoms. The van der Waals surface area contributed by atoms with Crippen molar-refractivity contribution < 1.29 is 9.53 Å². The first-order chi connectivity index (χ1) is 8.70. The van der Waals surface area contributed by atoms with Crippen molar-refractivity contribution in [3.8, 4) is 0 Å². The molecule has 0 radical (unpaired) electrons. The van der Waals surface area contributed by atoms with E-state index in [9.17, 15) is 4.79 Å². The first-order valence-electron chi connectivity index (χ1n) is 6.72. The fourth-order valence-electron chi connectivity index (χ4n) is 1.74. The van der Waals surface area contributed by atoms with Gasteiger partial charge < -0.3 is 10.1 Å². The zero-order chi connectivity index (χ0) is 14.6. The summed E-state index contributed by atoms with van der Waals surface area (Å²) >= 11 is 0. The van der Waals surface area contributed by atoms with Gasteiger partial charge in [0.1, 0.15) is 11.6 Å². The highest BCUT2D eigenvalue weighted by molar-refractivity contribution is 5.75. The van der Waals surface area contributed by atoms with Crippen molar-refractivity contribution in [1.82, 2.24) is 5.32 Å². The molecule has 0 aliphatic heterocycles. The van der Waals surface area contributed by atoms with Crippen LogP contribution in [0.1, 0.15) is 44.4 Å². The number of ether oxygens (including phenoxy) is 1. The maximum absolute atomic E-state index is 11.8. The molecule has 106 valence electrons. The summed E-state index contributed by atoms with van der Waals surface area (Å²) in [5, 5.41) is 3.21. The molecule has 1 rings (SSSR count). The minimum absolute atomic E-state index is 0.210. The lowest BCUT2D eigenvalue weighted by molar-refractivity contribution is -0.157. The van der Waals surface area contributed by atoms with Crippen LogP contribution in [-0.2, 0) is 16.1 Å². The SMILES string of the molecule is Cc1cccc(CN[C@@H](C)C(=O)OC(C)(C)C)c1C. The molecule has 1 aromatic carbocycles. The third-order valence-corrected chi connectivity index (χ3v) is 3.08. The second kappa shape index (κ2) is 6.20. The summed E-state index contributed by atoms with van der Waals surface area (Å²) in [6.07, 6.45) is 0. The van der Waals surface area contributed by atoms with Gasteiger partial charge in [-0.15, -0.1) is 0 Å². The molecule has 0 saturated carbocycles. The van der Waals surface area contributed by atoms with Crippen molar-refractivity contribution in [2.75, 3.05) is 0 Å². The predicted octanol–water partition coefficient (Wildman–Crippen LogP) is 3.12. The average Bonchev–Trinajstić information content (AvgIpc) is 2.28. The normalized spacial score (nSPS) is 13.2. The van der Waals surface area contributed by atoms with E-state index in [0.717, 1.165) is 0 Å². The molecule has 0 bridgehead atoms. The van der Waals surface area contributed by atoms with Crippen LogP contribution in [0.4, 0.5) is 0 Å². The summed E-state index contributed by atoms with van der Waals surface area (Å²) in [4.78, 5) is 11.8. The Balaban J connectivity index is 2.57. The van der Waals surface area contributed by atoms with Crippen LogP contribution in [0.3, 0.4) is 0 Å². The molecule has 19 heavy (non-hydrogen) atoms. The quantitative estimate of drug-likeness (QED) is 0.848. The molecule has 1 atom stereocenters. The summed E-state index contributed by atoms with van der Waals surface area (Å²) < 4.78 is 5.34. The van der Waals surface area contributed by atoms with Crippen molar-refractivity contribution in [2.45, 2.75) is 59.7 Å². The molecule has 0 heterocycles. The highest BCUT2D eigenvalue weighted by Crippen LogP contribution is 2.13. The fourth-order valence-corrected chi connectivity index (χ4v) is 1.74. The van der Waals surface area contributed by atoms with Gasteiger partial charge in [-0.05, 0) is 58.2 Å². The Morgan fingerprint density at radius 1 is 1.32 bits per heavy atom. The summed E-state index contributed by atoms with van der Waals surface area (Å²) in [5.41, 5.74) is 3.32. The van der Waals surface area contributed by atoms with E-state index in [4.69, 9.17) is 4.74 Å². The molecule has 3 nitrogen and oxygen atoms in total. The Hall–Kier alpha value is -1.35. The minimum Gasteiger partial charge on any atom is -0.459 e. The smallest absolute Gasteiger partial charge is 0.323 e. The number of carbonyl (C=O) groups excluding carboxylic acids is 1. The van der Waals surface area contributed by atoms with Crippen molar-refractivity contribution in [1.29, 1.82) is 0 Å². The van der Waals surface area contributed by atoms with Gasteiger partial charge in [0.05, 0.1) is 0 Å². The van der Waals surface area contributed by atoms with Crippen LogP contribution >= 0.6 is 0 Å². The standard InChI is InChI=1S/C16H25NO2/c1-11-8-7-9-14(12(11)2)10-17-13(3)15(18)19-16(4,5)6/h7-9,13,17H,10H2,1-6H3/t13-/m0/s1. The van der Waals surface area contributed by atoms with Gasteiger partial charge in [0, 0.05) is 6.54 Å². The molecule has 0 aliphatic rings. The lowest BCUT2D eigenvalue weighted by atomic mass is 10.0. The molecule has 0 saturated heterocycles. The van der Waals surface area contributed by atoms with Crippen LogP contribution in [0, 0.1) is 13.8 Å². The van der Waals surface area contributed by atoms with Crippen molar-refractivity contribution in [3.63, 3.8) is 0 Å². The van der Waals surface area contributed by atoms with E-state index in [1.54, 1.807) is 0 Å². The predicted molar refractivity (Wildman–Crippen MR) is 78.1 cm³/mol. The average molecular weight is 263 g/mol. The van der Waals surface area contributed by atoms with E-state index < -0.39 is 5.60 Å². The van der Waals surface area contributed by atoms with Gasteiger partial charge in [0.25, 0.3) is 0 Å². The molecule has 0 aromatic heterocycles. The Bertz CT molecular complexity index is 447. The third-order valence-electron chi connectivity index (χ3n) is 3.08. The number of rotatable bonds is 4. The Labute approximate surface area is 116 Å². The number of aryl methyl sites for hydroxylation is 1. The molecule has 0 aliphatic carbocycles. The Morgan fingerprint density at radius 2 is 1.95 bits per heavy atom. The lowest BCUT2D eigenvalue weighted by Crippen LogP contribution is -2.38. The van der Waals surface area contributed by atoms with Crippen LogP contribution in [0.15, 0.2) is 18.2 Å². The van der Waals surface area contributed by atoms with Gasteiger partial charge in [-0.25, -0.2) is 0 Å². The largest absolute Gasteiger partial charge is 0.459 e. The van der Waals surface area contributed by atoms with Crippen molar-refractivity contribution >= 4 is 5.97 Å². The van der Waals surface area contributed by atoms with Crippen LogP contribution in [-0.4, -0.2) is 17.6 Å². The van der Waals surface area contributed by atoms with Gasteiger partial charge >= 0.3 is 5.97 Å². The molecule has 0 spiro atoms. The van der Waals surface area contributed by atoms with Gasteiger partial charge in [-0.3, -0.25) is 4.79 Å². The summed E-state index contributed by atoms with van der Waals surface area (Å²) in [7, 11) is 0. The second-order valence-electron chi connectivity index (χ2n) is 6.00. The molecular formula is C16H25NO2. The minimum atomic E-state index is -0.438. The number of hydrogen-bond donors (Lipinski definition) is 1. The monoisotopic (exact) mass is 263 g/mol. The zero-order valence-electron chi connectivity index (χ0n) is 12.8. The number of benzene rings is 1. The van der Waals surface area contributed by atoms with Crippen LogP contribution in [0.5, 0.6) is 0 Å². The molecule has 0 fully saturated rings. The number of nitrogens with one attached hydrogen (secondary N) is 1. The van der Waals surface area contributed by atoms with E-state index >= 15 is 0 Å². The second-order valence-corrected chi connectivity index (χ2v) is 6.00. The van der Waals surface area contributed by atoms with Crippen molar-refractivity contribution in [3.05, 3.63) is 34.9 Å². The Kier molecular flexibility index (Phi) is 5.12. The summed E-state index contributed by atoms with van der Waals surface area (Å²) in [6, 6.07) is 5.91. The fraction of sp³-hybridized carbons (Fsp3) is 0.562. The van der Waals surface area contributed by atoms with Gasteiger partial charge in [0.15, 0.2) is 0 Å². The van der Waals surface area contributed by atoms with E-state index in [0.29, 0.717) is 6.54 Å².